The number of benzene rings is 1. The van der Waals surface area contributed by atoms with Crippen LogP contribution < -0.4 is 9.80 Å². The highest BCUT2D eigenvalue weighted by molar-refractivity contribution is 7.99. The van der Waals surface area contributed by atoms with Crippen LogP contribution in [0.5, 0.6) is 0 Å². The van der Waals surface area contributed by atoms with E-state index < -0.39 is 0 Å². The number of aromatic nitrogens is 1. The maximum Gasteiger partial charge on any atom is 0.227 e. The highest BCUT2D eigenvalue weighted by atomic mass is 32.2. The van der Waals surface area contributed by atoms with Gasteiger partial charge in [0.15, 0.2) is 5.13 Å². The minimum Gasteiger partial charge on any atom is -0.345 e. The van der Waals surface area contributed by atoms with Gasteiger partial charge < -0.3 is 14.7 Å². The van der Waals surface area contributed by atoms with Crippen molar-refractivity contribution in [2.24, 2.45) is 0 Å². The maximum absolute atomic E-state index is 12.7. The first-order valence-corrected chi connectivity index (χ1v) is 11.0. The molecule has 2 aliphatic heterocycles. The van der Waals surface area contributed by atoms with Crippen LogP contribution in [0.4, 0.5) is 10.8 Å². The molecule has 142 valence electrons. The molecule has 1 aromatic carbocycles. The molecule has 0 unspecified atom stereocenters. The number of para-hydroxylation sites is 1. The van der Waals surface area contributed by atoms with Crippen molar-refractivity contribution in [3.05, 3.63) is 35.8 Å². The third-order valence-electron chi connectivity index (χ3n) is 4.90. The van der Waals surface area contributed by atoms with E-state index in [-0.39, 0.29) is 24.7 Å². The molecule has 1 aromatic heterocycles. The zero-order chi connectivity index (χ0) is 18.6. The first-order valence-electron chi connectivity index (χ1n) is 9.17. The van der Waals surface area contributed by atoms with Gasteiger partial charge in [-0.2, -0.15) is 0 Å². The van der Waals surface area contributed by atoms with Gasteiger partial charge in [-0.3, -0.25) is 9.59 Å². The van der Waals surface area contributed by atoms with Crippen LogP contribution in [-0.2, 0) is 9.59 Å². The Morgan fingerprint density at radius 1 is 1.00 bits per heavy atom. The smallest absolute Gasteiger partial charge is 0.227 e. The van der Waals surface area contributed by atoms with Crippen LogP contribution in [-0.4, -0.2) is 60.2 Å². The quantitative estimate of drug-likeness (QED) is 0.787. The molecule has 27 heavy (non-hydrogen) atoms. The number of carbonyl (C=O) groups is 2. The molecule has 0 aliphatic carbocycles. The van der Waals surface area contributed by atoms with Crippen LogP contribution in [0.2, 0.25) is 0 Å². The van der Waals surface area contributed by atoms with Gasteiger partial charge in [0.1, 0.15) is 0 Å². The summed E-state index contributed by atoms with van der Waals surface area (Å²) in [6, 6.07) is 7.98. The Kier molecular flexibility index (Phi) is 5.63. The van der Waals surface area contributed by atoms with Crippen molar-refractivity contribution >= 4 is 45.7 Å². The van der Waals surface area contributed by atoms with Crippen molar-refractivity contribution in [3.8, 4) is 0 Å². The minimum absolute atomic E-state index is 0.0394. The van der Waals surface area contributed by atoms with Gasteiger partial charge in [0.25, 0.3) is 0 Å². The van der Waals surface area contributed by atoms with Gasteiger partial charge in [-0.1, -0.05) is 12.1 Å². The second-order valence-corrected chi connectivity index (χ2v) is 8.55. The normalized spacial score (nSPS) is 17.0. The fourth-order valence-electron chi connectivity index (χ4n) is 3.45. The van der Waals surface area contributed by atoms with E-state index in [4.69, 9.17) is 0 Å². The molecule has 0 radical (unpaired) electrons. The molecular weight excluding hydrogens is 380 g/mol. The largest absolute Gasteiger partial charge is 0.345 e. The Morgan fingerprint density at radius 3 is 2.56 bits per heavy atom. The molecule has 1 saturated heterocycles. The summed E-state index contributed by atoms with van der Waals surface area (Å²) < 4.78 is 0. The van der Waals surface area contributed by atoms with Gasteiger partial charge in [0.05, 0.1) is 5.69 Å². The highest BCUT2D eigenvalue weighted by Crippen LogP contribution is 2.34. The van der Waals surface area contributed by atoms with E-state index in [0.717, 1.165) is 34.6 Å². The van der Waals surface area contributed by atoms with Crippen LogP contribution in [0.3, 0.4) is 0 Å². The minimum atomic E-state index is 0.0394. The lowest BCUT2D eigenvalue weighted by Gasteiger charge is -2.34. The molecule has 0 bridgehead atoms. The van der Waals surface area contributed by atoms with Gasteiger partial charge in [0, 0.05) is 67.8 Å². The van der Waals surface area contributed by atoms with Crippen molar-refractivity contribution in [1.29, 1.82) is 0 Å². The third-order valence-corrected chi connectivity index (χ3v) is 6.78. The number of carbonyl (C=O) groups excluding carboxylic acids is 2. The average Bonchev–Trinajstić information content (AvgIpc) is 3.26. The van der Waals surface area contributed by atoms with Gasteiger partial charge in [-0.25, -0.2) is 4.98 Å². The van der Waals surface area contributed by atoms with Crippen molar-refractivity contribution in [3.63, 3.8) is 0 Å². The molecule has 2 aromatic rings. The van der Waals surface area contributed by atoms with Crippen LogP contribution in [0.25, 0.3) is 0 Å². The standard InChI is InChI=1S/C19H22N4O2S2/c24-17(21-8-10-22(11-9-21)19-20-7-13-27-19)5-6-18(25)23-12-14-26-16-4-2-1-3-15(16)23/h1-4,7,13H,5-6,8-12,14H2. The molecule has 0 saturated carbocycles. The summed E-state index contributed by atoms with van der Waals surface area (Å²) in [5.74, 6) is 1.01. The van der Waals surface area contributed by atoms with Gasteiger partial charge in [-0.05, 0) is 12.1 Å². The Morgan fingerprint density at radius 2 is 1.78 bits per heavy atom. The molecular formula is C19H22N4O2S2. The number of hydrogen-bond donors (Lipinski definition) is 0. The second-order valence-electron chi connectivity index (χ2n) is 6.54. The molecule has 8 heteroatoms. The zero-order valence-corrected chi connectivity index (χ0v) is 16.7. The maximum atomic E-state index is 12.7. The number of thiazole rings is 1. The van der Waals surface area contributed by atoms with Crippen LogP contribution in [0.15, 0.2) is 40.7 Å². The lowest BCUT2D eigenvalue weighted by atomic mass is 10.2. The molecule has 0 spiro atoms. The molecule has 2 aliphatic rings. The summed E-state index contributed by atoms with van der Waals surface area (Å²) in [6.45, 7) is 3.68. The highest BCUT2D eigenvalue weighted by Gasteiger charge is 2.25. The summed E-state index contributed by atoms with van der Waals surface area (Å²) in [7, 11) is 0. The first kappa shape index (κ1) is 18.3. The van der Waals surface area contributed by atoms with E-state index in [9.17, 15) is 9.59 Å². The predicted octanol–water partition coefficient (Wildman–Crippen LogP) is 2.71. The number of anilines is 2. The Balaban J connectivity index is 1.28. The topological polar surface area (TPSA) is 56.8 Å². The summed E-state index contributed by atoms with van der Waals surface area (Å²) in [6.07, 6.45) is 2.35. The lowest BCUT2D eigenvalue weighted by molar-refractivity contribution is -0.133. The molecule has 0 N–H and O–H groups in total. The van der Waals surface area contributed by atoms with Gasteiger partial charge >= 0.3 is 0 Å². The van der Waals surface area contributed by atoms with Crippen molar-refractivity contribution < 1.29 is 9.59 Å². The van der Waals surface area contributed by atoms with E-state index in [1.165, 1.54) is 0 Å². The Labute approximate surface area is 167 Å². The number of hydrogen-bond acceptors (Lipinski definition) is 6. The van der Waals surface area contributed by atoms with Gasteiger partial charge in [-0.15, -0.1) is 23.1 Å². The molecule has 3 heterocycles. The summed E-state index contributed by atoms with van der Waals surface area (Å²) in [5.41, 5.74) is 0.975. The average molecular weight is 403 g/mol. The van der Waals surface area contributed by atoms with Crippen molar-refractivity contribution in [2.45, 2.75) is 17.7 Å². The second kappa shape index (κ2) is 8.31. The Bertz CT molecular complexity index is 804. The summed E-state index contributed by atoms with van der Waals surface area (Å²) in [5, 5.41) is 2.98. The lowest BCUT2D eigenvalue weighted by Crippen LogP contribution is -2.49. The first-order chi connectivity index (χ1) is 13.2. The summed E-state index contributed by atoms with van der Waals surface area (Å²) >= 11 is 3.40. The molecule has 6 nitrogen and oxygen atoms in total. The van der Waals surface area contributed by atoms with E-state index in [1.54, 1.807) is 29.3 Å². The number of rotatable bonds is 4. The SMILES string of the molecule is O=C(CCC(=O)N1CCSc2ccccc21)N1CCN(c2nccs2)CC1. The molecule has 2 amide bonds. The van der Waals surface area contributed by atoms with E-state index in [1.807, 2.05) is 39.4 Å². The van der Waals surface area contributed by atoms with Crippen LogP contribution >= 0.6 is 23.1 Å². The molecule has 4 rings (SSSR count). The van der Waals surface area contributed by atoms with Crippen LogP contribution in [0.1, 0.15) is 12.8 Å². The number of thioether (sulfide) groups is 1. The van der Waals surface area contributed by atoms with Crippen LogP contribution in [0, 0.1) is 0 Å². The number of piperazine rings is 1. The molecule has 0 atom stereocenters. The van der Waals surface area contributed by atoms with E-state index >= 15 is 0 Å². The number of nitrogens with zero attached hydrogens (tertiary/aromatic N) is 4. The zero-order valence-electron chi connectivity index (χ0n) is 15.0. The third kappa shape index (κ3) is 4.11. The number of fused-ring (bicyclic) bond motifs is 1. The van der Waals surface area contributed by atoms with Crippen molar-refractivity contribution in [1.82, 2.24) is 9.88 Å². The fourth-order valence-corrected chi connectivity index (χ4v) is 5.15. The van der Waals surface area contributed by atoms with Gasteiger partial charge in [0.2, 0.25) is 11.8 Å². The number of amides is 2. The van der Waals surface area contributed by atoms with E-state index in [2.05, 4.69) is 9.88 Å². The predicted molar refractivity (Wildman–Crippen MR) is 110 cm³/mol. The van der Waals surface area contributed by atoms with Crippen molar-refractivity contribution in [2.75, 3.05) is 48.3 Å². The van der Waals surface area contributed by atoms with E-state index in [0.29, 0.717) is 19.6 Å². The monoisotopic (exact) mass is 402 g/mol. The Hall–Kier alpha value is -2.06. The molecule has 1 fully saturated rings. The fraction of sp³-hybridized carbons (Fsp3) is 0.421. The summed E-state index contributed by atoms with van der Waals surface area (Å²) in [4.78, 5) is 36.6.